The van der Waals surface area contributed by atoms with E-state index in [1.807, 2.05) is 12.2 Å². The first-order valence-corrected chi connectivity index (χ1v) is 7.60. The van der Waals surface area contributed by atoms with Crippen molar-refractivity contribution in [2.45, 2.75) is 19.1 Å². The van der Waals surface area contributed by atoms with Gasteiger partial charge in [-0.2, -0.15) is 0 Å². The molecule has 7 nitrogen and oxygen atoms in total. The smallest absolute Gasteiger partial charge is 0.333 e. The first kappa shape index (κ1) is 15.9. The van der Waals surface area contributed by atoms with Crippen LogP contribution in [0.25, 0.3) is 0 Å². The predicted octanol–water partition coefficient (Wildman–Crippen LogP) is 0.0607. The Morgan fingerprint density at radius 1 is 1.17 bits per heavy atom. The Hall–Kier alpha value is -1.99. The van der Waals surface area contributed by atoms with Gasteiger partial charge in [-0.1, -0.05) is 18.7 Å². The number of nitrogens with zero attached hydrogens (tertiary/aromatic N) is 1. The molecule has 3 aliphatic heterocycles. The van der Waals surface area contributed by atoms with Gasteiger partial charge in [0.25, 0.3) is 0 Å². The molecule has 3 aliphatic rings. The van der Waals surface area contributed by atoms with Crippen molar-refractivity contribution in [1.82, 2.24) is 4.90 Å². The molecular formula is C16H19NO6. The summed E-state index contributed by atoms with van der Waals surface area (Å²) in [4.78, 5) is 37.1. The molecular weight excluding hydrogens is 302 g/mol. The van der Waals surface area contributed by atoms with Crippen LogP contribution >= 0.6 is 0 Å². The van der Waals surface area contributed by atoms with Crippen LogP contribution in [0.3, 0.4) is 0 Å². The zero-order valence-electron chi connectivity index (χ0n) is 12.9. The van der Waals surface area contributed by atoms with E-state index in [2.05, 4.69) is 6.58 Å². The largest absolute Gasteiger partial charge is 0.460 e. The molecule has 0 N–H and O–H groups in total. The molecule has 0 spiro atoms. The monoisotopic (exact) mass is 321 g/mol. The maximum Gasteiger partial charge on any atom is 0.333 e. The maximum absolute atomic E-state index is 12.3. The van der Waals surface area contributed by atoms with E-state index in [4.69, 9.17) is 14.2 Å². The van der Waals surface area contributed by atoms with E-state index in [1.54, 1.807) is 6.92 Å². The average molecular weight is 321 g/mol. The summed E-state index contributed by atoms with van der Waals surface area (Å²) in [6, 6.07) is 0. The van der Waals surface area contributed by atoms with Gasteiger partial charge in [0, 0.05) is 5.57 Å². The van der Waals surface area contributed by atoms with Crippen LogP contribution in [0, 0.1) is 11.8 Å². The quantitative estimate of drug-likeness (QED) is 0.217. The maximum atomic E-state index is 12.3. The molecule has 3 rings (SSSR count). The molecule has 2 amide bonds. The van der Waals surface area contributed by atoms with Gasteiger partial charge < -0.3 is 14.2 Å². The highest BCUT2D eigenvalue weighted by Crippen LogP contribution is 2.44. The Morgan fingerprint density at radius 3 is 2.35 bits per heavy atom. The number of carbonyl (C=O) groups excluding carboxylic acids is 3. The van der Waals surface area contributed by atoms with E-state index >= 15 is 0 Å². The van der Waals surface area contributed by atoms with Gasteiger partial charge in [0.2, 0.25) is 11.8 Å². The fourth-order valence-electron chi connectivity index (χ4n) is 3.16. The van der Waals surface area contributed by atoms with Crippen molar-refractivity contribution in [1.29, 1.82) is 0 Å². The van der Waals surface area contributed by atoms with Crippen LogP contribution in [-0.4, -0.2) is 61.3 Å². The fraction of sp³-hybridized carbons (Fsp3) is 0.562. The summed E-state index contributed by atoms with van der Waals surface area (Å²) in [7, 11) is 0. The highest BCUT2D eigenvalue weighted by Gasteiger charge is 2.60. The number of hydrogen-bond acceptors (Lipinski definition) is 6. The summed E-state index contributed by atoms with van der Waals surface area (Å²) >= 11 is 0. The van der Waals surface area contributed by atoms with Gasteiger partial charge in [-0.25, -0.2) is 4.79 Å². The van der Waals surface area contributed by atoms with Crippen molar-refractivity contribution < 1.29 is 28.6 Å². The van der Waals surface area contributed by atoms with Crippen LogP contribution in [0.4, 0.5) is 0 Å². The summed E-state index contributed by atoms with van der Waals surface area (Å²) in [5.41, 5.74) is 0.329. The van der Waals surface area contributed by atoms with Crippen molar-refractivity contribution in [2.75, 3.05) is 26.4 Å². The van der Waals surface area contributed by atoms with Gasteiger partial charge in [-0.15, -0.1) is 0 Å². The Bertz CT molecular complexity index is 553. The summed E-state index contributed by atoms with van der Waals surface area (Å²) in [6.07, 6.45) is 3.17. The van der Waals surface area contributed by atoms with Gasteiger partial charge >= 0.3 is 5.97 Å². The number of ether oxygens (including phenoxy) is 3. The number of carbonyl (C=O) groups is 3. The molecule has 7 heteroatoms. The third-order valence-electron chi connectivity index (χ3n) is 4.27. The minimum Gasteiger partial charge on any atom is -0.460 e. The van der Waals surface area contributed by atoms with Crippen molar-refractivity contribution in [3.63, 3.8) is 0 Å². The van der Waals surface area contributed by atoms with E-state index in [0.717, 1.165) is 0 Å². The van der Waals surface area contributed by atoms with Crippen LogP contribution in [0.1, 0.15) is 6.92 Å². The van der Waals surface area contributed by atoms with E-state index in [0.29, 0.717) is 5.57 Å². The van der Waals surface area contributed by atoms with Gasteiger partial charge in [0.1, 0.15) is 6.61 Å². The van der Waals surface area contributed by atoms with Crippen molar-refractivity contribution in [2.24, 2.45) is 11.8 Å². The minimum absolute atomic E-state index is 0.112. The molecule has 0 aromatic heterocycles. The van der Waals surface area contributed by atoms with Crippen LogP contribution in [0.5, 0.6) is 0 Å². The van der Waals surface area contributed by atoms with Crippen LogP contribution in [0.15, 0.2) is 24.3 Å². The van der Waals surface area contributed by atoms with Gasteiger partial charge in [0.15, 0.2) is 0 Å². The molecule has 2 saturated heterocycles. The van der Waals surface area contributed by atoms with E-state index in [9.17, 15) is 14.4 Å². The lowest BCUT2D eigenvalue weighted by Gasteiger charge is -2.17. The van der Waals surface area contributed by atoms with Gasteiger partial charge in [-0.3, -0.25) is 14.5 Å². The van der Waals surface area contributed by atoms with Crippen LogP contribution in [-0.2, 0) is 28.6 Å². The Balaban J connectivity index is 1.40. The number of esters is 1. The molecule has 0 saturated carbocycles. The van der Waals surface area contributed by atoms with Gasteiger partial charge in [-0.05, 0) is 6.92 Å². The standard InChI is InChI=1S/C16H19NO6/c1-9(2)16(20)22-8-7-21-6-5-17-14(18)12-10-3-4-11(23-10)13(12)15(17)19/h3-4,10-13H,1,5-8H2,2H3. The minimum atomic E-state index is -0.464. The van der Waals surface area contributed by atoms with Crippen molar-refractivity contribution >= 4 is 17.8 Å². The molecule has 124 valence electrons. The predicted molar refractivity (Wildman–Crippen MR) is 78.1 cm³/mol. The van der Waals surface area contributed by atoms with Crippen LogP contribution in [0.2, 0.25) is 0 Å². The second kappa shape index (κ2) is 6.25. The summed E-state index contributed by atoms with van der Waals surface area (Å²) < 4.78 is 15.8. The number of rotatable bonds is 7. The Morgan fingerprint density at radius 2 is 1.78 bits per heavy atom. The lowest BCUT2D eigenvalue weighted by molar-refractivity contribution is -0.143. The number of amides is 2. The SMILES string of the molecule is C=C(C)C(=O)OCCOCCN1C(=O)C2C3C=CC(O3)C2C1=O. The van der Waals surface area contributed by atoms with E-state index in [1.165, 1.54) is 4.90 Å². The topological polar surface area (TPSA) is 82.1 Å². The summed E-state index contributed by atoms with van der Waals surface area (Å²) in [5.74, 6) is -1.60. The second-order valence-electron chi connectivity index (χ2n) is 5.86. The summed E-state index contributed by atoms with van der Waals surface area (Å²) in [6.45, 7) is 5.78. The Labute approximate surface area is 133 Å². The molecule has 2 fully saturated rings. The first-order valence-electron chi connectivity index (χ1n) is 7.60. The van der Waals surface area contributed by atoms with Crippen LogP contribution < -0.4 is 0 Å². The Kier molecular flexibility index (Phi) is 4.32. The molecule has 0 radical (unpaired) electrons. The molecule has 3 heterocycles. The molecule has 2 bridgehead atoms. The second-order valence-corrected chi connectivity index (χ2v) is 5.86. The lowest BCUT2D eigenvalue weighted by Crippen LogP contribution is -2.37. The molecule has 0 aliphatic carbocycles. The van der Waals surface area contributed by atoms with E-state index in [-0.39, 0.29) is 62.2 Å². The normalized spacial score (nSPS) is 30.9. The number of imide groups is 1. The van der Waals surface area contributed by atoms with Crippen molar-refractivity contribution in [3.8, 4) is 0 Å². The average Bonchev–Trinajstić information content (AvgIpc) is 3.18. The zero-order valence-corrected chi connectivity index (χ0v) is 12.9. The molecule has 4 atom stereocenters. The number of hydrogen-bond donors (Lipinski definition) is 0. The third kappa shape index (κ3) is 2.82. The lowest BCUT2D eigenvalue weighted by atomic mass is 9.85. The third-order valence-corrected chi connectivity index (χ3v) is 4.27. The van der Waals surface area contributed by atoms with Gasteiger partial charge in [0.05, 0.1) is 43.8 Å². The molecule has 23 heavy (non-hydrogen) atoms. The zero-order chi connectivity index (χ0) is 16.6. The summed E-state index contributed by atoms with van der Waals surface area (Å²) in [5, 5.41) is 0. The van der Waals surface area contributed by atoms with E-state index < -0.39 is 5.97 Å². The fourth-order valence-corrected chi connectivity index (χ4v) is 3.16. The number of likely N-dealkylation sites (tertiary alicyclic amines) is 1. The van der Waals surface area contributed by atoms with Crippen molar-refractivity contribution in [3.05, 3.63) is 24.3 Å². The molecule has 0 aromatic carbocycles. The highest BCUT2D eigenvalue weighted by atomic mass is 16.6. The number of fused-ring (bicyclic) bond motifs is 5. The first-order chi connectivity index (χ1) is 11.0. The highest BCUT2D eigenvalue weighted by molar-refractivity contribution is 6.06. The molecule has 4 unspecified atom stereocenters. The molecule has 0 aromatic rings.